The lowest BCUT2D eigenvalue weighted by molar-refractivity contribution is -0.192. The number of rotatable bonds is 10. The molecule has 0 saturated carbocycles. The molecule has 1 heterocycles. The molecule has 232 valence electrons. The van der Waals surface area contributed by atoms with E-state index in [0.717, 1.165) is 17.5 Å². The number of hydrogen-bond acceptors (Lipinski definition) is 6. The second-order valence-electron chi connectivity index (χ2n) is 10.1. The molecule has 4 N–H and O–H groups in total. The number of nitrogens with zero attached hydrogens (tertiary/aromatic N) is 2. The summed E-state index contributed by atoms with van der Waals surface area (Å²) in [4.78, 5) is 13.5. The van der Waals surface area contributed by atoms with Crippen molar-refractivity contribution in [1.29, 1.82) is 0 Å². The van der Waals surface area contributed by atoms with Crippen LogP contribution in [0.2, 0.25) is 10.0 Å². The number of carboxylic acids is 1. The van der Waals surface area contributed by atoms with Crippen molar-refractivity contribution in [2.45, 2.75) is 49.5 Å². The van der Waals surface area contributed by atoms with Crippen molar-refractivity contribution < 1.29 is 36.6 Å². The normalized spacial score (nSPS) is 12.8. The molecule has 3 aromatic carbocycles. The van der Waals surface area contributed by atoms with Crippen molar-refractivity contribution in [2.24, 2.45) is 0 Å². The number of imidazole rings is 1. The second-order valence-corrected chi connectivity index (χ2v) is 12.6. The summed E-state index contributed by atoms with van der Waals surface area (Å²) in [6, 6.07) is 18.5. The van der Waals surface area contributed by atoms with Crippen molar-refractivity contribution >= 4 is 55.9 Å². The summed E-state index contributed by atoms with van der Waals surface area (Å²) in [6.45, 7) is 5.12. The quantitative estimate of drug-likeness (QED) is 0.158. The van der Waals surface area contributed by atoms with Gasteiger partial charge < -0.3 is 20.1 Å². The number of aromatic nitrogens is 2. The molecular weight excluding hydrogens is 632 g/mol. The highest BCUT2D eigenvalue weighted by atomic mass is 35.5. The number of fused-ring (bicyclic) bond motifs is 1. The third-order valence-corrected chi connectivity index (χ3v) is 8.35. The van der Waals surface area contributed by atoms with E-state index in [1.165, 1.54) is 12.1 Å². The topological polar surface area (TPSA) is 134 Å². The van der Waals surface area contributed by atoms with E-state index < -0.39 is 28.3 Å². The molecule has 0 aliphatic carbocycles. The number of benzene rings is 3. The predicted molar refractivity (Wildman–Crippen MR) is 159 cm³/mol. The third-order valence-electron chi connectivity index (χ3n) is 6.23. The van der Waals surface area contributed by atoms with Crippen LogP contribution in [-0.2, 0) is 21.4 Å². The Kier molecular flexibility index (Phi) is 11.1. The van der Waals surface area contributed by atoms with Crippen LogP contribution in [0.15, 0.2) is 78.0 Å². The molecule has 0 amide bonds. The van der Waals surface area contributed by atoms with E-state index in [1.54, 1.807) is 54.9 Å². The fraction of sp³-hybridized carbons (Fsp3) is 0.286. The molecule has 43 heavy (non-hydrogen) atoms. The van der Waals surface area contributed by atoms with Crippen LogP contribution in [-0.4, -0.2) is 52.4 Å². The van der Waals surface area contributed by atoms with E-state index in [-0.39, 0.29) is 10.4 Å². The molecule has 4 aromatic rings. The molecule has 1 unspecified atom stereocenters. The summed E-state index contributed by atoms with van der Waals surface area (Å²) in [5.41, 5.74) is 2.41. The van der Waals surface area contributed by atoms with Gasteiger partial charge in [0.05, 0.1) is 38.4 Å². The van der Waals surface area contributed by atoms with Gasteiger partial charge >= 0.3 is 12.1 Å². The molecule has 1 aromatic heterocycles. The van der Waals surface area contributed by atoms with Crippen molar-refractivity contribution in [3.05, 3.63) is 88.7 Å². The van der Waals surface area contributed by atoms with Crippen LogP contribution in [0.5, 0.6) is 0 Å². The number of alkyl halides is 3. The molecule has 0 radical (unpaired) electrons. The highest BCUT2D eigenvalue weighted by Gasteiger charge is 2.38. The minimum atomic E-state index is -5.08. The van der Waals surface area contributed by atoms with E-state index in [4.69, 9.17) is 33.1 Å². The average Bonchev–Trinajstić information content (AvgIpc) is 3.32. The van der Waals surface area contributed by atoms with Crippen LogP contribution >= 0.6 is 23.2 Å². The average molecular weight is 662 g/mol. The number of carbonyl (C=O) groups is 1. The molecule has 0 bridgehead atoms. The Morgan fingerprint density at radius 1 is 1.02 bits per heavy atom. The van der Waals surface area contributed by atoms with E-state index in [9.17, 15) is 26.7 Å². The summed E-state index contributed by atoms with van der Waals surface area (Å²) >= 11 is 12.3. The van der Waals surface area contributed by atoms with Gasteiger partial charge in [0.2, 0.25) is 0 Å². The van der Waals surface area contributed by atoms with E-state index in [2.05, 4.69) is 28.9 Å². The summed E-state index contributed by atoms with van der Waals surface area (Å²) in [5.74, 6) is -2.76. The van der Waals surface area contributed by atoms with Gasteiger partial charge in [-0.1, -0.05) is 53.5 Å². The zero-order valence-electron chi connectivity index (χ0n) is 22.9. The fourth-order valence-electron chi connectivity index (χ4n) is 3.83. The molecule has 0 fully saturated rings. The summed E-state index contributed by atoms with van der Waals surface area (Å²) in [7, 11) is -3.71. The Morgan fingerprint density at radius 3 is 2.28 bits per heavy atom. The number of carboxylic acid groups (broad SMARTS) is 1. The van der Waals surface area contributed by atoms with E-state index >= 15 is 0 Å². The maximum absolute atomic E-state index is 12.6. The largest absolute Gasteiger partial charge is 0.490 e. The molecule has 4 rings (SSSR count). The van der Waals surface area contributed by atoms with Crippen LogP contribution in [0.25, 0.3) is 11.0 Å². The Morgan fingerprint density at radius 2 is 1.65 bits per heavy atom. The fourth-order valence-corrected chi connectivity index (χ4v) is 5.22. The number of nitrogens with one attached hydrogen (secondary N) is 2. The number of aliphatic hydroxyl groups is 1. The van der Waals surface area contributed by atoms with Gasteiger partial charge in [0.25, 0.3) is 10.0 Å². The molecule has 0 aliphatic heterocycles. The van der Waals surface area contributed by atoms with Crippen LogP contribution in [0.4, 0.5) is 18.9 Å². The number of aliphatic hydroxyl groups excluding tert-OH is 1. The van der Waals surface area contributed by atoms with Crippen LogP contribution in [0.1, 0.15) is 31.9 Å². The highest BCUT2D eigenvalue weighted by molar-refractivity contribution is 7.92. The number of aryl methyl sites for hydroxylation is 1. The Balaban J connectivity index is 0.000000646. The summed E-state index contributed by atoms with van der Waals surface area (Å²) in [5, 5.41) is 22.3. The van der Waals surface area contributed by atoms with Gasteiger partial charge in [0.15, 0.2) is 0 Å². The lowest BCUT2D eigenvalue weighted by Gasteiger charge is -2.28. The minimum Gasteiger partial charge on any atom is -0.475 e. The van der Waals surface area contributed by atoms with Crippen molar-refractivity contribution in [3.8, 4) is 0 Å². The lowest BCUT2D eigenvalue weighted by atomic mass is 9.99. The maximum Gasteiger partial charge on any atom is 0.490 e. The first-order valence-corrected chi connectivity index (χ1v) is 14.9. The summed E-state index contributed by atoms with van der Waals surface area (Å²) < 4.78 is 61.6. The third kappa shape index (κ3) is 9.83. The van der Waals surface area contributed by atoms with Crippen molar-refractivity contribution in [3.63, 3.8) is 0 Å². The first kappa shape index (κ1) is 34.1. The zero-order valence-corrected chi connectivity index (χ0v) is 25.3. The van der Waals surface area contributed by atoms with Crippen LogP contribution < -0.4 is 10.0 Å². The van der Waals surface area contributed by atoms with Gasteiger partial charge in [0, 0.05) is 24.3 Å². The van der Waals surface area contributed by atoms with Gasteiger partial charge in [-0.05, 0) is 62.2 Å². The SMILES string of the molecule is CC(C)(CCn1cnc2cc(Cl)c(Cl)cc21)NCC(O)c1cccc(NS(=O)(=O)c2ccccc2)c1.O=C(O)C(F)(F)F. The minimum absolute atomic E-state index is 0.176. The molecule has 9 nitrogen and oxygen atoms in total. The smallest absolute Gasteiger partial charge is 0.475 e. The van der Waals surface area contributed by atoms with Crippen LogP contribution in [0.3, 0.4) is 0 Å². The van der Waals surface area contributed by atoms with Gasteiger partial charge in [-0.3, -0.25) is 4.72 Å². The Hall–Kier alpha value is -3.36. The molecule has 0 saturated heterocycles. The second kappa shape index (κ2) is 14.0. The number of aliphatic carboxylic acids is 1. The Bertz CT molecular complexity index is 1670. The number of halogens is 5. The Labute approximate surface area is 256 Å². The first-order valence-electron chi connectivity index (χ1n) is 12.7. The van der Waals surface area contributed by atoms with Gasteiger partial charge in [0.1, 0.15) is 0 Å². The van der Waals surface area contributed by atoms with E-state index in [1.807, 2.05) is 10.6 Å². The lowest BCUT2D eigenvalue weighted by Crippen LogP contribution is -2.42. The van der Waals surface area contributed by atoms with Gasteiger partial charge in [-0.15, -0.1) is 0 Å². The summed E-state index contributed by atoms with van der Waals surface area (Å²) in [6.07, 6.45) is -3.37. The van der Waals surface area contributed by atoms with Crippen molar-refractivity contribution in [2.75, 3.05) is 11.3 Å². The highest BCUT2D eigenvalue weighted by Crippen LogP contribution is 2.28. The number of β-amino-alcohol motifs (C(OH)–C–C–N with tert-alkyl or cyclic N) is 1. The first-order chi connectivity index (χ1) is 20.0. The zero-order chi connectivity index (χ0) is 32.0. The molecule has 0 spiro atoms. The molecule has 1 atom stereocenters. The van der Waals surface area contributed by atoms with Gasteiger partial charge in [-0.25, -0.2) is 18.2 Å². The van der Waals surface area contributed by atoms with E-state index in [0.29, 0.717) is 34.4 Å². The monoisotopic (exact) mass is 660 g/mol. The number of sulfonamides is 1. The molecular formula is C28H29Cl2F3N4O5S. The molecule has 0 aliphatic rings. The maximum atomic E-state index is 12.6. The predicted octanol–water partition coefficient (Wildman–Crippen LogP) is 6.27. The standard InChI is InChI=1S/C26H28Cl2N4O3S.C2HF3O2/c1-26(2,11-12-32-17-29-23-14-21(27)22(28)15-24(23)32)30-16-25(33)18-7-6-8-19(13-18)31-36(34,35)20-9-4-3-5-10-20;3-2(4,5)1(6)7/h3-10,13-15,17,25,30-31,33H,11-12,16H2,1-2H3;(H,6,7). The molecule has 15 heteroatoms. The number of anilines is 1. The van der Waals surface area contributed by atoms with Crippen molar-refractivity contribution in [1.82, 2.24) is 14.9 Å². The van der Waals surface area contributed by atoms with Gasteiger partial charge in [-0.2, -0.15) is 13.2 Å². The number of hydrogen-bond donors (Lipinski definition) is 4. The van der Waals surface area contributed by atoms with Crippen LogP contribution in [0, 0.1) is 0 Å².